The predicted octanol–water partition coefficient (Wildman–Crippen LogP) is 0.309. The molecule has 2 N–H and O–H groups in total. The topological polar surface area (TPSA) is 69.6 Å². The highest BCUT2D eigenvalue weighted by Crippen LogP contribution is 2.16. The molecule has 5 heteroatoms. The molecular formula is C11H20N2O3. The number of hydrogen-bond acceptors (Lipinski definition) is 3. The van der Waals surface area contributed by atoms with Crippen LogP contribution in [0.5, 0.6) is 0 Å². The third-order valence-corrected chi connectivity index (χ3v) is 2.96. The van der Waals surface area contributed by atoms with Gasteiger partial charge in [0, 0.05) is 13.5 Å². The summed E-state index contributed by atoms with van der Waals surface area (Å²) in [6, 6.07) is 0. The van der Waals surface area contributed by atoms with Gasteiger partial charge in [-0.25, -0.2) is 0 Å². The Kier molecular flexibility index (Phi) is 5.25. The lowest BCUT2D eigenvalue weighted by Gasteiger charge is -2.23. The van der Waals surface area contributed by atoms with Gasteiger partial charge in [-0.15, -0.1) is 0 Å². The molecule has 0 aromatic rings. The van der Waals surface area contributed by atoms with Crippen molar-refractivity contribution < 1.29 is 14.7 Å². The fourth-order valence-electron chi connectivity index (χ4n) is 1.98. The zero-order valence-electron chi connectivity index (χ0n) is 9.74. The number of carbonyl (C=O) groups is 2. The normalized spacial score (nSPS) is 20.4. The van der Waals surface area contributed by atoms with E-state index in [-0.39, 0.29) is 12.5 Å². The molecule has 1 unspecified atom stereocenters. The molecule has 0 radical (unpaired) electrons. The Morgan fingerprint density at radius 2 is 2.25 bits per heavy atom. The maximum absolute atomic E-state index is 11.6. The van der Waals surface area contributed by atoms with E-state index in [0.717, 1.165) is 19.5 Å². The van der Waals surface area contributed by atoms with Gasteiger partial charge in [0.25, 0.3) is 0 Å². The standard InChI is InChI=1S/C11H20N2O3/c1-13(8-11(15)16)10(14)5-4-9-3-2-6-12-7-9/h9,12H,2-8H2,1H3,(H,15,16). The molecule has 5 nitrogen and oxygen atoms in total. The van der Waals surface area contributed by atoms with Gasteiger partial charge in [0.1, 0.15) is 6.54 Å². The van der Waals surface area contributed by atoms with E-state index in [2.05, 4.69) is 5.32 Å². The molecular weight excluding hydrogens is 208 g/mol. The molecule has 0 saturated carbocycles. The molecule has 0 aromatic carbocycles. The SMILES string of the molecule is CN(CC(=O)O)C(=O)CCC1CCCNC1. The summed E-state index contributed by atoms with van der Waals surface area (Å²) < 4.78 is 0. The van der Waals surface area contributed by atoms with Crippen LogP contribution >= 0.6 is 0 Å². The molecule has 1 fully saturated rings. The zero-order chi connectivity index (χ0) is 12.0. The summed E-state index contributed by atoms with van der Waals surface area (Å²) in [5, 5.41) is 11.8. The molecule has 1 aliphatic heterocycles. The number of likely N-dealkylation sites (N-methyl/N-ethyl adjacent to an activating group) is 1. The van der Waals surface area contributed by atoms with Crippen LogP contribution in [-0.4, -0.2) is 48.6 Å². The van der Waals surface area contributed by atoms with Crippen LogP contribution in [0.3, 0.4) is 0 Å². The van der Waals surface area contributed by atoms with Gasteiger partial charge in [-0.05, 0) is 38.3 Å². The van der Waals surface area contributed by atoms with Crippen LogP contribution in [0.1, 0.15) is 25.7 Å². The van der Waals surface area contributed by atoms with E-state index < -0.39 is 5.97 Å². The lowest BCUT2D eigenvalue weighted by Crippen LogP contribution is -2.34. The summed E-state index contributed by atoms with van der Waals surface area (Å²) in [5.41, 5.74) is 0. The average molecular weight is 228 g/mol. The summed E-state index contributed by atoms with van der Waals surface area (Å²) in [4.78, 5) is 23.3. The number of piperidine rings is 1. The molecule has 1 amide bonds. The van der Waals surface area contributed by atoms with Gasteiger partial charge in [0.05, 0.1) is 0 Å². The minimum atomic E-state index is -0.963. The first kappa shape index (κ1) is 13.0. The second-order valence-electron chi connectivity index (χ2n) is 4.39. The number of carboxylic acids is 1. The van der Waals surface area contributed by atoms with Crippen molar-refractivity contribution >= 4 is 11.9 Å². The highest BCUT2D eigenvalue weighted by Gasteiger charge is 2.17. The maximum atomic E-state index is 11.6. The van der Waals surface area contributed by atoms with Crippen LogP contribution in [0.4, 0.5) is 0 Å². The highest BCUT2D eigenvalue weighted by molar-refractivity contribution is 5.80. The first-order chi connectivity index (χ1) is 7.59. The number of carboxylic acid groups (broad SMARTS) is 1. The number of nitrogens with zero attached hydrogens (tertiary/aromatic N) is 1. The Morgan fingerprint density at radius 1 is 1.50 bits per heavy atom. The molecule has 1 heterocycles. The molecule has 1 atom stereocenters. The van der Waals surface area contributed by atoms with Gasteiger partial charge < -0.3 is 15.3 Å². The zero-order valence-corrected chi connectivity index (χ0v) is 9.74. The minimum Gasteiger partial charge on any atom is -0.480 e. The largest absolute Gasteiger partial charge is 0.480 e. The number of hydrogen-bond donors (Lipinski definition) is 2. The van der Waals surface area contributed by atoms with Crippen molar-refractivity contribution in [2.75, 3.05) is 26.7 Å². The van der Waals surface area contributed by atoms with Crippen molar-refractivity contribution in [3.05, 3.63) is 0 Å². The monoisotopic (exact) mass is 228 g/mol. The number of rotatable bonds is 5. The van der Waals surface area contributed by atoms with Crippen LogP contribution in [0.15, 0.2) is 0 Å². The molecule has 1 rings (SSSR count). The number of aliphatic carboxylic acids is 1. The summed E-state index contributed by atoms with van der Waals surface area (Å²) >= 11 is 0. The third kappa shape index (κ3) is 4.61. The van der Waals surface area contributed by atoms with Crippen LogP contribution in [-0.2, 0) is 9.59 Å². The molecule has 1 saturated heterocycles. The summed E-state index contributed by atoms with van der Waals surface area (Å²) in [7, 11) is 1.54. The molecule has 1 aliphatic rings. The number of carbonyl (C=O) groups excluding carboxylic acids is 1. The first-order valence-electron chi connectivity index (χ1n) is 5.76. The van der Waals surface area contributed by atoms with Crippen LogP contribution in [0.2, 0.25) is 0 Å². The van der Waals surface area contributed by atoms with Crippen molar-refractivity contribution in [2.45, 2.75) is 25.7 Å². The van der Waals surface area contributed by atoms with Crippen LogP contribution < -0.4 is 5.32 Å². The van der Waals surface area contributed by atoms with E-state index >= 15 is 0 Å². The smallest absolute Gasteiger partial charge is 0.323 e. The quantitative estimate of drug-likeness (QED) is 0.710. The highest BCUT2D eigenvalue weighted by atomic mass is 16.4. The van der Waals surface area contributed by atoms with Gasteiger partial charge in [-0.3, -0.25) is 9.59 Å². The van der Waals surface area contributed by atoms with E-state index in [1.807, 2.05) is 0 Å². The maximum Gasteiger partial charge on any atom is 0.323 e. The van der Waals surface area contributed by atoms with Crippen molar-refractivity contribution in [2.24, 2.45) is 5.92 Å². The number of nitrogens with one attached hydrogen (secondary N) is 1. The lowest BCUT2D eigenvalue weighted by molar-refractivity contribution is -0.143. The molecule has 0 aromatic heterocycles. The Labute approximate surface area is 95.8 Å². The molecule has 0 aliphatic carbocycles. The average Bonchev–Trinajstić information content (AvgIpc) is 2.26. The fraction of sp³-hybridized carbons (Fsp3) is 0.818. The first-order valence-corrected chi connectivity index (χ1v) is 5.76. The van der Waals surface area contributed by atoms with Gasteiger partial charge >= 0.3 is 5.97 Å². The third-order valence-electron chi connectivity index (χ3n) is 2.96. The molecule has 0 bridgehead atoms. The summed E-state index contributed by atoms with van der Waals surface area (Å²) in [5.74, 6) is -0.473. The van der Waals surface area contributed by atoms with E-state index in [4.69, 9.17) is 5.11 Å². The van der Waals surface area contributed by atoms with Crippen LogP contribution in [0, 0.1) is 5.92 Å². The van der Waals surface area contributed by atoms with E-state index in [1.54, 1.807) is 0 Å². The van der Waals surface area contributed by atoms with Crippen LogP contribution in [0.25, 0.3) is 0 Å². The predicted molar refractivity (Wildman–Crippen MR) is 60.1 cm³/mol. The Hall–Kier alpha value is -1.10. The fourth-order valence-corrected chi connectivity index (χ4v) is 1.98. The van der Waals surface area contributed by atoms with Gasteiger partial charge in [0.15, 0.2) is 0 Å². The van der Waals surface area contributed by atoms with E-state index in [9.17, 15) is 9.59 Å². The Morgan fingerprint density at radius 3 is 2.81 bits per heavy atom. The van der Waals surface area contributed by atoms with Crippen molar-refractivity contribution in [1.29, 1.82) is 0 Å². The van der Waals surface area contributed by atoms with Crippen molar-refractivity contribution in [1.82, 2.24) is 10.2 Å². The summed E-state index contributed by atoms with van der Waals surface area (Å²) in [6.07, 6.45) is 3.65. The molecule has 0 spiro atoms. The second-order valence-corrected chi connectivity index (χ2v) is 4.39. The summed E-state index contributed by atoms with van der Waals surface area (Å²) in [6.45, 7) is 1.85. The minimum absolute atomic E-state index is 0.0760. The van der Waals surface area contributed by atoms with Gasteiger partial charge in [-0.1, -0.05) is 0 Å². The Bertz CT molecular complexity index is 250. The second kappa shape index (κ2) is 6.48. The Balaban J connectivity index is 2.20. The van der Waals surface area contributed by atoms with Gasteiger partial charge in [0.2, 0.25) is 5.91 Å². The lowest BCUT2D eigenvalue weighted by atomic mass is 9.94. The van der Waals surface area contributed by atoms with Crippen molar-refractivity contribution in [3.63, 3.8) is 0 Å². The number of amides is 1. The van der Waals surface area contributed by atoms with E-state index in [1.165, 1.54) is 24.8 Å². The van der Waals surface area contributed by atoms with E-state index in [0.29, 0.717) is 12.3 Å². The van der Waals surface area contributed by atoms with Gasteiger partial charge in [-0.2, -0.15) is 0 Å². The van der Waals surface area contributed by atoms with Crippen molar-refractivity contribution in [3.8, 4) is 0 Å². The molecule has 16 heavy (non-hydrogen) atoms. The molecule has 92 valence electrons.